The Labute approximate surface area is 226 Å². The van der Waals surface area contributed by atoms with Crippen molar-refractivity contribution in [3.63, 3.8) is 0 Å². The average Bonchev–Trinajstić information content (AvgIpc) is 3.38. The molecule has 0 aromatic heterocycles. The van der Waals surface area contributed by atoms with Gasteiger partial charge in [-0.15, -0.1) is 0 Å². The van der Waals surface area contributed by atoms with Crippen molar-refractivity contribution in [2.75, 3.05) is 13.1 Å². The van der Waals surface area contributed by atoms with Crippen LogP contribution in [0.1, 0.15) is 95.0 Å². The van der Waals surface area contributed by atoms with Crippen LogP contribution in [0.5, 0.6) is 0 Å². The van der Waals surface area contributed by atoms with Crippen LogP contribution in [0.25, 0.3) is 0 Å². The molecule has 1 aliphatic rings. The third-order valence-electron chi connectivity index (χ3n) is 7.22. The van der Waals surface area contributed by atoms with E-state index in [1.807, 2.05) is 26.0 Å². The lowest BCUT2D eigenvalue weighted by Crippen LogP contribution is -2.54. The van der Waals surface area contributed by atoms with E-state index in [-0.39, 0.29) is 41.7 Å². The summed E-state index contributed by atoms with van der Waals surface area (Å²) in [5, 5.41) is 2.90. The van der Waals surface area contributed by atoms with Crippen LogP contribution in [0.4, 0.5) is 0 Å². The monoisotopic (exact) mass is 527 g/mol. The number of hydrogen-bond donors (Lipinski definition) is 3. The number of benzene rings is 1. The van der Waals surface area contributed by atoms with Gasteiger partial charge in [-0.1, -0.05) is 46.8 Å². The van der Waals surface area contributed by atoms with Gasteiger partial charge in [-0.3, -0.25) is 24.2 Å². The molecule has 2 amide bonds. The molecule has 2 rings (SSSR count). The van der Waals surface area contributed by atoms with E-state index in [9.17, 15) is 19.2 Å². The molecule has 210 valence electrons. The summed E-state index contributed by atoms with van der Waals surface area (Å²) in [6.07, 6.45) is 2.79. The molecule has 0 bridgehead atoms. The van der Waals surface area contributed by atoms with Gasteiger partial charge in [0.25, 0.3) is 5.91 Å². The number of Topliss-reactive ketones (excluding diaryl/α,β-unsaturated/α-hetero) is 2. The molecule has 1 heterocycles. The van der Waals surface area contributed by atoms with Crippen molar-refractivity contribution in [1.29, 1.82) is 0 Å². The quantitative estimate of drug-likeness (QED) is 0.192. The predicted octanol–water partition coefficient (Wildman–Crippen LogP) is 3.16. The minimum Gasteiger partial charge on any atom is -0.370 e. The van der Waals surface area contributed by atoms with Crippen molar-refractivity contribution in [3.05, 3.63) is 35.4 Å². The molecule has 9 heteroatoms. The zero-order valence-corrected chi connectivity index (χ0v) is 23.5. The second kappa shape index (κ2) is 14.6. The van der Waals surface area contributed by atoms with Gasteiger partial charge in [0.1, 0.15) is 11.8 Å². The molecular formula is C29H45N5O4. The number of likely N-dealkylation sites (tertiary alicyclic amines) is 1. The van der Waals surface area contributed by atoms with Crippen LogP contribution in [0.15, 0.2) is 29.3 Å². The highest BCUT2D eigenvalue weighted by atomic mass is 16.2. The van der Waals surface area contributed by atoms with Gasteiger partial charge in [0, 0.05) is 37.4 Å². The maximum absolute atomic E-state index is 13.6. The number of carbonyl (C=O) groups is 4. The van der Waals surface area contributed by atoms with Crippen LogP contribution in [0.3, 0.4) is 0 Å². The van der Waals surface area contributed by atoms with E-state index in [4.69, 9.17) is 11.5 Å². The summed E-state index contributed by atoms with van der Waals surface area (Å²) in [5.74, 6) is -0.891. The van der Waals surface area contributed by atoms with E-state index < -0.39 is 18.0 Å². The number of aliphatic imine (C=N–C) groups is 1. The van der Waals surface area contributed by atoms with Crippen LogP contribution in [-0.2, 0) is 14.4 Å². The normalized spacial score (nSPS) is 16.8. The lowest BCUT2D eigenvalue weighted by Gasteiger charge is -2.31. The lowest BCUT2D eigenvalue weighted by atomic mass is 9.88. The van der Waals surface area contributed by atoms with Crippen molar-refractivity contribution in [2.45, 2.75) is 91.1 Å². The van der Waals surface area contributed by atoms with Gasteiger partial charge < -0.3 is 21.7 Å². The fourth-order valence-electron chi connectivity index (χ4n) is 4.89. The minimum absolute atomic E-state index is 0.000996. The summed E-state index contributed by atoms with van der Waals surface area (Å²) in [4.78, 5) is 58.1. The van der Waals surface area contributed by atoms with Gasteiger partial charge >= 0.3 is 0 Å². The van der Waals surface area contributed by atoms with Crippen molar-refractivity contribution in [1.82, 2.24) is 10.2 Å². The van der Waals surface area contributed by atoms with Gasteiger partial charge in [-0.25, -0.2) is 0 Å². The Kier molecular flexibility index (Phi) is 11.9. The molecule has 9 nitrogen and oxygen atoms in total. The van der Waals surface area contributed by atoms with E-state index in [1.165, 1.54) is 0 Å². The molecule has 0 unspecified atom stereocenters. The minimum atomic E-state index is -0.756. The summed E-state index contributed by atoms with van der Waals surface area (Å²) in [7, 11) is 0. The maximum atomic E-state index is 13.6. The zero-order valence-electron chi connectivity index (χ0n) is 23.5. The third-order valence-corrected chi connectivity index (χ3v) is 7.22. The van der Waals surface area contributed by atoms with Crippen molar-refractivity contribution in [3.8, 4) is 0 Å². The van der Waals surface area contributed by atoms with E-state index in [0.29, 0.717) is 56.7 Å². The number of nitrogens with zero attached hydrogens (tertiary/aromatic N) is 2. The first-order valence-electron chi connectivity index (χ1n) is 13.8. The SMILES string of the molecule is CCC(=O)[C@H](CCCN=C(N)N)CC(=O)[C@@H]1CCCN1C(=O)[C@@H](NC(=O)c1ccc(C(C)C)cc1)C(C)C. The lowest BCUT2D eigenvalue weighted by molar-refractivity contribution is -0.140. The first-order chi connectivity index (χ1) is 18.0. The molecule has 0 radical (unpaired) electrons. The van der Waals surface area contributed by atoms with Crippen molar-refractivity contribution >= 4 is 29.3 Å². The van der Waals surface area contributed by atoms with Crippen LogP contribution in [0.2, 0.25) is 0 Å². The molecule has 0 aliphatic carbocycles. The predicted molar refractivity (Wildman–Crippen MR) is 150 cm³/mol. The molecule has 5 N–H and O–H groups in total. The highest BCUT2D eigenvalue weighted by Gasteiger charge is 2.39. The fraction of sp³-hybridized carbons (Fsp3) is 0.621. The largest absolute Gasteiger partial charge is 0.370 e. The first kappa shape index (κ1) is 31.0. The van der Waals surface area contributed by atoms with Crippen molar-refractivity contribution < 1.29 is 19.2 Å². The summed E-state index contributed by atoms with van der Waals surface area (Å²) in [6, 6.07) is 6.04. The maximum Gasteiger partial charge on any atom is 0.251 e. The molecule has 0 saturated carbocycles. The summed E-state index contributed by atoms with van der Waals surface area (Å²) < 4.78 is 0. The Morgan fingerprint density at radius 1 is 1.08 bits per heavy atom. The number of rotatable bonds is 14. The number of carbonyl (C=O) groups excluding carboxylic acids is 4. The Bertz CT molecular complexity index is 999. The highest BCUT2D eigenvalue weighted by Crippen LogP contribution is 2.25. The zero-order chi connectivity index (χ0) is 28.4. The van der Waals surface area contributed by atoms with Crippen LogP contribution < -0.4 is 16.8 Å². The van der Waals surface area contributed by atoms with E-state index in [1.54, 1.807) is 24.0 Å². The summed E-state index contributed by atoms with van der Waals surface area (Å²) in [6.45, 7) is 10.6. The molecule has 1 fully saturated rings. The number of ketones is 2. The van der Waals surface area contributed by atoms with Crippen LogP contribution in [-0.4, -0.2) is 59.4 Å². The Morgan fingerprint density at radius 3 is 2.29 bits per heavy atom. The highest BCUT2D eigenvalue weighted by molar-refractivity contribution is 5.99. The first-order valence-corrected chi connectivity index (χ1v) is 13.8. The smallest absolute Gasteiger partial charge is 0.251 e. The second-order valence-electron chi connectivity index (χ2n) is 10.8. The Hall–Kier alpha value is -3.23. The molecule has 38 heavy (non-hydrogen) atoms. The third kappa shape index (κ3) is 8.67. The second-order valence-corrected chi connectivity index (χ2v) is 10.8. The summed E-state index contributed by atoms with van der Waals surface area (Å²) >= 11 is 0. The average molecular weight is 528 g/mol. The number of hydrogen-bond acceptors (Lipinski definition) is 5. The van der Waals surface area contributed by atoms with Gasteiger partial charge in [-0.2, -0.15) is 0 Å². The Morgan fingerprint density at radius 2 is 1.74 bits per heavy atom. The molecule has 3 atom stereocenters. The number of nitrogens with two attached hydrogens (primary N) is 2. The van der Waals surface area contributed by atoms with Crippen molar-refractivity contribution in [2.24, 2.45) is 28.3 Å². The molecule has 1 aromatic carbocycles. The van der Waals surface area contributed by atoms with E-state index in [0.717, 1.165) is 5.56 Å². The van der Waals surface area contributed by atoms with Gasteiger partial charge in [-0.05, 0) is 55.2 Å². The van der Waals surface area contributed by atoms with E-state index in [2.05, 4.69) is 24.2 Å². The molecule has 0 spiro atoms. The number of amides is 2. The van der Waals surface area contributed by atoms with Gasteiger partial charge in [0.2, 0.25) is 5.91 Å². The number of nitrogens with one attached hydrogen (secondary N) is 1. The number of guanidine groups is 1. The van der Waals surface area contributed by atoms with Gasteiger partial charge in [0.15, 0.2) is 11.7 Å². The topological polar surface area (TPSA) is 148 Å². The standard InChI is InChI=1S/C29H45N5O4/c1-6-24(35)22(9-7-15-32-29(30)31)17-25(36)23-10-8-16-34(23)28(38)26(19(4)5)33-27(37)21-13-11-20(12-14-21)18(2)3/h11-14,18-19,22-23,26H,6-10,15-17H2,1-5H3,(H,33,37)(H4,30,31,32)/t22-,23+,26+/m1/s1. The fourth-order valence-corrected chi connectivity index (χ4v) is 4.89. The molecule has 1 aliphatic heterocycles. The van der Waals surface area contributed by atoms with E-state index >= 15 is 0 Å². The molecule has 1 saturated heterocycles. The summed E-state index contributed by atoms with van der Waals surface area (Å²) in [5.41, 5.74) is 12.4. The molecular weight excluding hydrogens is 482 g/mol. The van der Waals surface area contributed by atoms with Gasteiger partial charge in [0.05, 0.1) is 6.04 Å². The Balaban J connectivity index is 2.10. The van der Waals surface area contributed by atoms with Crippen LogP contribution in [0, 0.1) is 11.8 Å². The van der Waals surface area contributed by atoms with Crippen LogP contribution >= 0.6 is 0 Å². The molecule has 1 aromatic rings.